The van der Waals surface area contributed by atoms with Crippen LogP contribution >= 0.6 is 11.8 Å². The fourth-order valence-electron chi connectivity index (χ4n) is 3.30. The van der Waals surface area contributed by atoms with Gasteiger partial charge in [0.15, 0.2) is 0 Å². The fraction of sp³-hybridized carbons (Fsp3) is 0.440. The van der Waals surface area contributed by atoms with E-state index in [1.807, 2.05) is 83.1 Å². The first kappa shape index (κ1) is 24.0. The molecule has 0 unspecified atom stereocenters. The van der Waals surface area contributed by atoms with Gasteiger partial charge in [-0.05, 0) is 51.8 Å². The normalized spacial score (nSPS) is 12.3. The lowest BCUT2D eigenvalue weighted by Gasteiger charge is -2.33. The minimum atomic E-state index is -0.487. The highest BCUT2D eigenvalue weighted by atomic mass is 32.2. The molecule has 2 aromatic carbocycles. The van der Waals surface area contributed by atoms with Gasteiger partial charge in [-0.3, -0.25) is 9.59 Å². The van der Waals surface area contributed by atoms with E-state index in [-0.39, 0.29) is 17.4 Å². The molecule has 0 bridgehead atoms. The number of benzene rings is 2. The predicted octanol–water partition coefficient (Wildman–Crippen LogP) is 5.20. The molecule has 0 aromatic heterocycles. The third kappa shape index (κ3) is 7.86. The highest BCUT2D eigenvalue weighted by molar-refractivity contribution is 7.99. The van der Waals surface area contributed by atoms with E-state index in [1.54, 1.807) is 16.7 Å². The van der Waals surface area contributed by atoms with E-state index in [9.17, 15) is 9.59 Å². The van der Waals surface area contributed by atoms with E-state index in [4.69, 9.17) is 0 Å². The first-order valence-electron chi connectivity index (χ1n) is 10.5. The summed E-state index contributed by atoms with van der Waals surface area (Å²) in [6.45, 7) is 10.3. The van der Waals surface area contributed by atoms with Crippen LogP contribution in [-0.4, -0.2) is 34.0 Å². The fourth-order valence-corrected chi connectivity index (χ4v) is 4.16. The maximum Gasteiger partial charge on any atom is 0.243 e. The number of amides is 2. The molecular weight excluding hydrogens is 392 g/mol. The van der Waals surface area contributed by atoms with Crippen molar-refractivity contribution in [3.05, 3.63) is 65.7 Å². The van der Waals surface area contributed by atoms with Crippen LogP contribution in [0.1, 0.15) is 51.7 Å². The van der Waals surface area contributed by atoms with Crippen LogP contribution in [0.4, 0.5) is 0 Å². The Morgan fingerprint density at radius 2 is 1.77 bits per heavy atom. The molecule has 0 heterocycles. The standard InChI is InChI=1S/C25H34N2O2S/c1-6-22(24(29)26-25(3,4)5)27(18-20-12-10-11-19(2)17-20)23(28)15-16-30-21-13-8-7-9-14-21/h7-14,17,22H,6,15-16,18H2,1-5H3,(H,26,29)/t22-/m1/s1. The van der Waals surface area contributed by atoms with Crippen molar-refractivity contribution < 1.29 is 9.59 Å². The van der Waals surface area contributed by atoms with Crippen LogP contribution in [0.3, 0.4) is 0 Å². The zero-order valence-corrected chi connectivity index (χ0v) is 19.6. The first-order chi connectivity index (χ1) is 14.2. The lowest BCUT2D eigenvalue weighted by atomic mass is 10.0. The second-order valence-electron chi connectivity index (χ2n) is 8.59. The molecule has 2 rings (SSSR count). The van der Waals surface area contributed by atoms with Crippen molar-refractivity contribution in [3.63, 3.8) is 0 Å². The molecule has 5 heteroatoms. The molecule has 0 saturated heterocycles. The zero-order chi connectivity index (χ0) is 22.1. The van der Waals surface area contributed by atoms with Gasteiger partial charge in [0.25, 0.3) is 0 Å². The van der Waals surface area contributed by atoms with Crippen molar-refractivity contribution >= 4 is 23.6 Å². The van der Waals surface area contributed by atoms with Crippen LogP contribution in [-0.2, 0) is 16.1 Å². The van der Waals surface area contributed by atoms with E-state index in [0.717, 1.165) is 16.0 Å². The Labute approximate surface area is 185 Å². The van der Waals surface area contributed by atoms with Crippen LogP contribution < -0.4 is 5.32 Å². The largest absolute Gasteiger partial charge is 0.350 e. The summed E-state index contributed by atoms with van der Waals surface area (Å²) in [7, 11) is 0. The lowest BCUT2D eigenvalue weighted by molar-refractivity contribution is -0.141. The maximum atomic E-state index is 13.2. The monoisotopic (exact) mass is 426 g/mol. The highest BCUT2D eigenvalue weighted by Crippen LogP contribution is 2.20. The molecule has 1 atom stereocenters. The van der Waals surface area contributed by atoms with E-state index in [1.165, 1.54) is 0 Å². The van der Waals surface area contributed by atoms with Crippen LogP contribution in [0.15, 0.2) is 59.5 Å². The summed E-state index contributed by atoms with van der Waals surface area (Å²) in [6.07, 6.45) is 0.968. The summed E-state index contributed by atoms with van der Waals surface area (Å²) < 4.78 is 0. The summed E-state index contributed by atoms with van der Waals surface area (Å²) in [5.74, 6) is 0.599. The summed E-state index contributed by atoms with van der Waals surface area (Å²) in [4.78, 5) is 29.1. The average Bonchev–Trinajstić information content (AvgIpc) is 2.67. The third-order valence-electron chi connectivity index (χ3n) is 4.65. The number of nitrogens with one attached hydrogen (secondary N) is 1. The molecule has 30 heavy (non-hydrogen) atoms. The van der Waals surface area contributed by atoms with Gasteiger partial charge in [-0.1, -0.05) is 55.0 Å². The second-order valence-corrected chi connectivity index (χ2v) is 9.75. The Bertz CT molecular complexity index is 831. The Balaban J connectivity index is 2.15. The minimum Gasteiger partial charge on any atom is -0.350 e. The molecule has 0 saturated carbocycles. The van der Waals surface area contributed by atoms with E-state index >= 15 is 0 Å². The van der Waals surface area contributed by atoms with Gasteiger partial charge in [-0.25, -0.2) is 0 Å². The van der Waals surface area contributed by atoms with Crippen molar-refractivity contribution in [1.29, 1.82) is 0 Å². The number of rotatable bonds is 9. The number of carbonyl (C=O) groups excluding carboxylic acids is 2. The van der Waals surface area contributed by atoms with Crippen molar-refractivity contribution in [2.75, 3.05) is 5.75 Å². The molecule has 0 aliphatic rings. The van der Waals surface area contributed by atoms with Gasteiger partial charge >= 0.3 is 0 Å². The van der Waals surface area contributed by atoms with Crippen LogP contribution in [0.2, 0.25) is 0 Å². The third-order valence-corrected chi connectivity index (χ3v) is 5.66. The average molecular weight is 427 g/mol. The van der Waals surface area contributed by atoms with Gasteiger partial charge in [0, 0.05) is 29.2 Å². The molecule has 162 valence electrons. The molecule has 0 aliphatic carbocycles. The predicted molar refractivity (Wildman–Crippen MR) is 125 cm³/mol. The van der Waals surface area contributed by atoms with Crippen molar-refractivity contribution in [2.45, 2.75) is 70.5 Å². The number of thioether (sulfide) groups is 1. The summed E-state index contributed by atoms with van der Waals surface area (Å²) >= 11 is 1.66. The first-order valence-corrected chi connectivity index (χ1v) is 11.5. The lowest BCUT2D eigenvalue weighted by Crippen LogP contribution is -2.53. The Morgan fingerprint density at radius 3 is 2.37 bits per heavy atom. The summed E-state index contributed by atoms with van der Waals surface area (Å²) in [5.41, 5.74) is 1.85. The molecule has 0 spiro atoms. The van der Waals surface area contributed by atoms with Crippen LogP contribution in [0, 0.1) is 6.92 Å². The number of hydrogen-bond donors (Lipinski definition) is 1. The van der Waals surface area contributed by atoms with Crippen LogP contribution in [0.25, 0.3) is 0 Å². The van der Waals surface area contributed by atoms with Gasteiger partial charge in [0.05, 0.1) is 0 Å². The van der Waals surface area contributed by atoms with Crippen molar-refractivity contribution in [3.8, 4) is 0 Å². The van der Waals surface area contributed by atoms with Gasteiger partial charge in [-0.15, -0.1) is 11.8 Å². The Morgan fingerprint density at radius 1 is 1.07 bits per heavy atom. The van der Waals surface area contributed by atoms with Gasteiger partial charge in [0.1, 0.15) is 6.04 Å². The van der Waals surface area contributed by atoms with E-state index in [0.29, 0.717) is 25.1 Å². The molecule has 4 nitrogen and oxygen atoms in total. The SMILES string of the molecule is CC[C@H](C(=O)NC(C)(C)C)N(Cc1cccc(C)c1)C(=O)CCSc1ccccc1. The molecular formula is C25H34N2O2S. The smallest absolute Gasteiger partial charge is 0.243 e. The van der Waals surface area contributed by atoms with Gasteiger partial charge in [0.2, 0.25) is 11.8 Å². The van der Waals surface area contributed by atoms with Gasteiger partial charge in [-0.2, -0.15) is 0 Å². The molecule has 2 aromatic rings. The molecule has 2 amide bonds. The number of carbonyl (C=O) groups is 2. The zero-order valence-electron chi connectivity index (χ0n) is 18.8. The van der Waals surface area contributed by atoms with Gasteiger partial charge < -0.3 is 10.2 Å². The maximum absolute atomic E-state index is 13.2. The van der Waals surface area contributed by atoms with Crippen molar-refractivity contribution in [1.82, 2.24) is 10.2 Å². The minimum absolute atomic E-state index is 0.0100. The summed E-state index contributed by atoms with van der Waals surface area (Å²) in [5, 5.41) is 3.05. The van der Waals surface area contributed by atoms with Crippen LogP contribution in [0.5, 0.6) is 0 Å². The number of hydrogen-bond acceptors (Lipinski definition) is 3. The quantitative estimate of drug-likeness (QED) is 0.561. The van der Waals surface area contributed by atoms with E-state index < -0.39 is 6.04 Å². The number of aryl methyl sites for hydroxylation is 1. The molecule has 0 fully saturated rings. The second kappa shape index (κ2) is 11.2. The topological polar surface area (TPSA) is 49.4 Å². The highest BCUT2D eigenvalue weighted by Gasteiger charge is 2.30. The number of nitrogens with zero attached hydrogens (tertiary/aromatic N) is 1. The Kier molecular flexibility index (Phi) is 8.97. The van der Waals surface area contributed by atoms with E-state index in [2.05, 4.69) is 11.4 Å². The Hall–Kier alpha value is -2.27. The molecule has 0 radical (unpaired) electrons. The van der Waals surface area contributed by atoms with Crippen molar-refractivity contribution in [2.24, 2.45) is 0 Å². The summed E-state index contributed by atoms with van der Waals surface area (Å²) in [6, 6.07) is 17.7. The molecule has 1 N–H and O–H groups in total. The molecule has 0 aliphatic heterocycles.